The second-order valence-corrected chi connectivity index (χ2v) is 3.11. The Hall–Kier alpha value is -1.55. The second-order valence-electron chi connectivity index (χ2n) is 3.11. The van der Waals surface area contributed by atoms with E-state index in [9.17, 15) is 5.11 Å². The van der Waals surface area contributed by atoms with Crippen LogP contribution in [0.25, 0.3) is 11.0 Å². The van der Waals surface area contributed by atoms with Gasteiger partial charge in [-0.3, -0.25) is 0 Å². The number of pyridine rings is 1. The molecule has 0 radical (unpaired) electrons. The normalized spacial score (nSPS) is 13.4. The number of aliphatic hydroxyl groups is 1. The van der Waals surface area contributed by atoms with E-state index in [1.807, 2.05) is 12.1 Å². The number of aromatic nitrogens is 2. The second kappa shape index (κ2) is 2.74. The highest BCUT2D eigenvalue weighted by Crippen LogP contribution is 2.19. The molecule has 4 N–H and O–H groups in total. The van der Waals surface area contributed by atoms with Crippen LogP contribution in [0, 0.1) is 0 Å². The molecule has 4 nitrogen and oxygen atoms in total. The van der Waals surface area contributed by atoms with Crippen LogP contribution in [0.1, 0.15) is 18.7 Å². The summed E-state index contributed by atoms with van der Waals surface area (Å²) in [6.07, 6.45) is 1.08. The molecular weight excluding hydrogens is 166 g/mol. The van der Waals surface area contributed by atoms with Crippen molar-refractivity contribution in [2.75, 3.05) is 5.73 Å². The van der Waals surface area contributed by atoms with Gasteiger partial charge >= 0.3 is 0 Å². The Morgan fingerprint density at radius 3 is 3.00 bits per heavy atom. The highest BCUT2D eigenvalue weighted by atomic mass is 16.3. The third-order valence-corrected chi connectivity index (χ3v) is 1.96. The van der Waals surface area contributed by atoms with E-state index in [2.05, 4.69) is 9.97 Å². The average molecular weight is 177 g/mol. The third-order valence-electron chi connectivity index (χ3n) is 1.96. The average Bonchev–Trinajstić information content (AvgIpc) is 2.46. The zero-order valence-corrected chi connectivity index (χ0v) is 7.28. The highest BCUT2D eigenvalue weighted by molar-refractivity contribution is 5.79. The molecule has 4 heteroatoms. The summed E-state index contributed by atoms with van der Waals surface area (Å²) < 4.78 is 0. The van der Waals surface area contributed by atoms with Gasteiger partial charge in [0.1, 0.15) is 5.65 Å². The Bertz CT molecular complexity index is 433. The summed E-state index contributed by atoms with van der Waals surface area (Å²) in [5, 5.41) is 10.2. The predicted molar refractivity (Wildman–Crippen MR) is 51.1 cm³/mol. The standard InChI is InChI=1S/C9H11N3O/c1-5(13)8-3-6-2-7(10)4-11-9(6)12-8/h2-5,13H,10H2,1H3,(H,11,12). The van der Waals surface area contributed by atoms with Crippen LogP contribution in [0.4, 0.5) is 5.69 Å². The summed E-state index contributed by atoms with van der Waals surface area (Å²) in [6, 6.07) is 3.67. The van der Waals surface area contributed by atoms with Gasteiger partial charge in [-0.05, 0) is 19.1 Å². The molecule has 0 aromatic carbocycles. The lowest BCUT2D eigenvalue weighted by molar-refractivity contribution is 0.195. The topological polar surface area (TPSA) is 74.9 Å². The first-order chi connectivity index (χ1) is 6.16. The largest absolute Gasteiger partial charge is 0.397 e. The maximum Gasteiger partial charge on any atom is 0.137 e. The molecule has 0 amide bonds. The lowest BCUT2D eigenvalue weighted by Crippen LogP contribution is -1.89. The molecule has 0 fully saturated rings. The Balaban J connectivity index is 2.62. The van der Waals surface area contributed by atoms with Gasteiger partial charge in [0.05, 0.1) is 18.0 Å². The van der Waals surface area contributed by atoms with Gasteiger partial charge < -0.3 is 15.8 Å². The number of nitrogens with two attached hydrogens (primary N) is 1. The molecule has 2 aromatic heterocycles. The Labute approximate surface area is 75.4 Å². The molecule has 0 saturated carbocycles. The number of aromatic amines is 1. The molecule has 2 aromatic rings. The number of nitrogen functional groups attached to an aromatic ring is 1. The summed E-state index contributed by atoms with van der Waals surface area (Å²) in [4.78, 5) is 7.10. The fourth-order valence-corrected chi connectivity index (χ4v) is 1.28. The zero-order chi connectivity index (χ0) is 9.42. The van der Waals surface area contributed by atoms with Crippen LogP contribution in [-0.4, -0.2) is 15.1 Å². The van der Waals surface area contributed by atoms with E-state index in [4.69, 9.17) is 5.73 Å². The van der Waals surface area contributed by atoms with Gasteiger partial charge in [0.15, 0.2) is 0 Å². The number of anilines is 1. The molecule has 1 atom stereocenters. The number of nitrogens with one attached hydrogen (secondary N) is 1. The maximum atomic E-state index is 9.30. The van der Waals surface area contributed by atoms with Gasteiger partial charge in [-0.2, -0.15) is 0 Å². The fourth-order valence-electron chi connectivity index (χ4n) is 1.28. The number of nitrogens with zero attached hydrogens (tertiary/aromatic N) is 1. The van der Waals surface area contributed by atoms with Crippen molar-refractivity contribution in [2.45, 2.75) is 13.0 Å². The first-order valence-electron chi connectivity index (χ1n) is 4.09. The molecular formula is C9H11N3O. The van der Waals surface area contributed by atoms with E-state index in [0.717, 1.165) is 16.7 Å². The minimum absolute atomic E-state index is 0.504. The van der Waals surface area contributed by atoms with Crippen molar-refractivity contribution >= 4 is 16.7 Å². The van der Waals surface area contributed by atoms with E-state index in [0.29, 0.717) is 5.69 Å². The molecule has 2 rings (SSSR count). The number of fused-ring (bicyclic) bond motifs is 1. The summed E-state index contributed by atoms with van der Waals surface area (Å²) in [7, 11) is 0. The molecule has 0 aliphatic rings. The van der Waals surface area contributed by atoms with E-state index in [1.165, 1.54) is 0 Å². The lowest BCUT2D eigenvalue weighted by Gasteiger charge is -1.96. The molecule has 13 heavy (non-hydrogen) atoms. The van der Waals surface area contributed by atoms with Crippen molar-refractivity contribution in [1.29, 1.82) is 0 Å². The van der Waals surface area contributed by atoms with Gasteiger partial charge in [-0.1, -0.05) is 0 Å². The van der Waals surface area contributed by atoms with Crippen LogP contribution in [0.15, 0.2) is 18.3 Å². The van der Waals surface area contributed by atoms with Gasteiger partial charge in [0.2, 0.25) is 0 Å². The van der Waals surface area contributed by atoms with Gasteiger partial charge in [0.25, 0.3) is 0 Å². The predicted octanol–water partition coefficient (Wildman–Crippen LogP) is 1.20. The monoisotopic (exact) mass is 177 g/mol. The van der Waals surface area contributed by atoms with E-state index in [1.54, 1.807) is 13.1 Å². The summed E-state index contributed by atoms with van der Waals surface area (Å²) in [5.41, 5.74) is 7.71. The van der Waals surface area contributed by atoms with Gasteiger partial charge in [-0.15, -0.1) is 0 Å². The highest BCUT2D eigenvalue weighted by Gasteiger charge is 2.05. The van der Waals surface area contributed by atoms with Crippen molar-refractivity contribution in [3.63, 3.8) is 0 Å². The lowest BCUT2D eigenvalue weighted by atomic mass is 10.2. The summed E-state index contributed by atoms with van der Waals surface area (Å²) >= 11 is 0. The maximum absolute atomic E-state index is 9.30. The third kappa shape index (κ3) is 1.36. The van der Waals surface area contributed by atoms with Crippen LogP contribution < -0.4 is 5.73 Å². The molecule has 0 aliphatic carbocycles. The summed E-state index contributed by atoms with van der Waals surface area (Å²) in [5.74, 6) is 0. The number of H-pyrrole nitrogens is 1. The Morgan fingerprint density at radius 1 is 1.54 bits per heavy atom. The number of aliphatic hydroxyl groups excluding tert-OH is 1. The summed E-state index contributed by atoms with van der Waals surface area (Å²) in [6.45, 7) is 1.70. The Kier molecular flexibility index (Phi) is 1.70. The van der Waals surface area contributed by atoms with Crippen LogP contribution in [0.5, 0.6) is 0 Å². The fraction of sp³-hybridized carbons (Fsp3) is 0.222. The van der Waals surface area contributed by atoms with Crippen molar-refractivity contribution in [3.05, 3.63) is 24.0 Å². The quantitative estimate of drug-likeness (QED) is 0.612. The minimum atomic E-state index is -0.504. The van der Waals surface area contributed by atoms with E-state index < -0.39 is 6.10 Å². The van der Waals surface area contributed by atoms with Crippen molar-refractivity contribution in [2.24, 2.45) is 0 Å². The molecule has 0 aliphatic heterocycles. The number of hydrogen-bond donors (Lipinski definition) is 3. The SMILES string of the molecule is CC(O)c1cc2cc(N)cnc2[nH]1. The number of hydrogen-bond acceptors (Lipinski definition) is 3. The number of rotatable bonds is 1. The Morgan fingerprint density at radius 2 is 2.31 bits per heavy atom. The van der Waals surface area contributed by atoms with Crippen molar-refractivity contribution in [3.8, 4) is 0 Å². The molecule has 2 heterocycles. The van der Waals surface area contributed by atoms with E-state index in [-0.39, 0.29) is 0 Å². The molecule has 0 spiro atoms. The molecule has 68 valence electrons. The van der Waals surface area contributed by atoms with Crippen LogP contribution in [-0.2, 0) is 0 Å². The minimum Gasteiger partial charge on any atom is -0.397 e. The molecule has 1 unspecified atom stereocenters. The van der Waals surface area contributed by atoms with Crippen LogP contribution >= 0.6 is 0 Å². The van der Waals surface area contributed by atoms with Gasteiger partial charge in [-0.25, -0.2) is 4.98 Å². The van der Waals surface area contributed by atoms with Crippen LogP contribution in [0.2, 0.25) is 0 Å². The van der Waals surface area contributed by atoms with Gasteiger partial charge in [0, 0.05) is 11.1 Å². The molecule has 0 saturated heterocycles. The first-order valence-corrected chi connectivity index (χ1v) is 4.09. The van der Waals surface area contributed by atoms with Crippen molar-refractivity contribution < 1.29 is 5.11 Å². The van der Waals surface area contributed by atoms with Crippen LogP contribution in [0.3, 0.4) is 0 Å². The molecule has 0 bridgehead atoms. The smallest absolute Gasteiger partial charge is 0.137 e. The van der Waals surface area contributed by atoms with Crippen molar-refractivity contribution in [1.82, 2.24) is 9.97 Å². The van der Waals surface area contributed by atoms with E-state index >= 15 is 0 Å². The first kappa shape index (κ1) is 8.07. The zero-order valence-electron chi connectivity index (χ0n) is 7.28.